The van der Waals surface area contributed by atoms with Gasteiger partial charge in [-0.3, -0.25) is 10.1 Å². The van der Waals surface area contributed by atoms with Crippen LogP contribution in [0.1, 0.15) is 15.2 Å². The first-order valence-electron chi connectivity index (χ1n) is 5.31. The topological polar surface area (TPSA) is 95.5 Å². The van der Waals surface area contributed by atoms with Crippen LogP contribution in [0.5, 0.6) is 0 Å². The van der Waals surface area contributed by atoms with E-state index in [1.165, 1.54) is 23.5 Å². The third-order valence-corrected chi connectivity index (χ3v) is 3.24. The van der Waals surface area contributed by atoms with Crippen molar-refractivity contribution in [2.75, 3.05) is 5.73 Å². The number of benzene rings is 1. The summed E-state index contributed by atoms with van der Waals surface area (Å²) in [5.41, 5.74) is 5.61. The molecule has 0 atom stereocenters. The zero-order valence-electron chi connectivity index (χ0n) is 9.74. The second-order valence-electron chi connectivity index (χ2n) is 3.68. The maximum Gasteiger partial charge on any atom is 0.340 e. The Morgan fingerprint density at radius 3 is 2.79 bits per heavy atom. The molecular formula is C12H10N2O4S. The van der Waals surface area contributed by atoms with Crippen molar-refractivity contribution in [3.8, 4) is 0 Å². The minimum absolute atomic E-state index is 0.0328. The molecule has 1 aromatic carbocycles. The number of hydrogen-bond donors (Lipinski definition) is 1. The van der Waals surface area contributed by atoms with E-state index < -0.39 is 10.9 Å². The van der Waals surface area contributed by atoms with Crippen molar-refractivity contribution in [1.82, 2.24) is 0 Å². The Hall–Kier alpha value is -2.41. The van der Waals surface area contributed by atoms with E-state index in [9.17, 15) is 14.9 Å². The van der Waals surface area contributed by atoms with Crippen molar-refractivity contribution in [1.29, 1.82) is 0 Å². The molecule has 0 amide bonds. The summed E-state index contributed by atoms with van der Waals surface area (Å²) in [6.07, 6.45) is 0. The molecule has 0 fully saturated rings. The number of nitrogen functional groups attached to an aromatic ring is 1. The van der Waals surface area contributed by atoms with E-state index in [0.717, 1.165) is 10.9 Å². The zero-order chi connectivity index (χ0) is 13.8. The predicted octanol–water partition coefficient (Wildman–Crippen LogP) is 2.60. The lowest BCUT2D eigenvalue weighted by molar-refractivity contribution is -0.384. The molecule has 0 spiro atoms. The van der Waals surface area contributed by atoms with Crippen LogP contribution in [0.3, 0.4) is 0 Å². The van der Waals surface area contributed by atoms with Gasteiger partial charge in [0, 0.05) is 17.0 Å². The predicted molar refractivity (Wildman–Crippen MR) is 70.9 cm³/mol. The molecule has 0 saturated heterocycles. The molecule has 6 nitrogen and oxygen atoms in total. The number of carbonyl (C=O) groups excluding carboxylic acids is 1. The molecule has 98 valence electrons. The van der Waals surface area contributed by atoms with Gasteiger partial charge in [-0.15, -0.1) is 11.3 Å². The summed E-state index contributed by atoms with van der Waals surface area (Å²) in [7, 11) is 0. The van der Waals surface area contributed by atoms with Gasteiger partial charge in [0.1, 0.15) is 6.61 Å². The highest BCUT2D eigenvalue weighted by Crippen LogP contribution is 2.21. The van der Waals surface area contributed by atoms with E-state index in [0.29, 0.717) is 0 Å². The molecule has 0 saturated carbocycles. The number of nitro benzene ring substituents is 1. The SMILES string of the molecule is Nc1cc([N+](=O)[O-])ccc1C(=O)OCc1cccs1. The largest absolute Gasteiger partial charge is 0.456 e. The number of hydrogen-bond acceptors (Lipinski definition) is 6. The van der Waals surface area contributed by atoms with Crippen LogP contribution in [0.2, 0.25) is 0 Å². The third kappa shape index (κ3) is 3.08. The van der Waals surface area contributed by atoms with Gasteiger partial charge in [0.25, 0.3) is 5.69 Å². The first kappa shape index (κ1) is 13.0. The molecular weight excluding hydrogens is 268 g/mol. The van der Waals surface area contributed by atoms with Crippen LogP contribution in [0.15, 0.2) is 35.7 Å². The monoisotopic (exact) mass is 278 g/mol. The summed E-state index contributed by atoms with van der Waals surface area (Å²) in [5.74, 6) is -0.596. The van der Waals surface area contributed by atoms with E-state index in [-0.39, 0.29) is 23.5 Å². The summed E-state index contributed by atoms with van der Waals surface area (Å²) in [4.78, 5) is 22.7. The van der Waals surface area contributed by atoms with Crippen molar-refractivity contribution < 1.29 is 14.5 Å². The quantitative estimate of drug-likeness (QED) is 0.401. The maximum absolute atomic E-state index is 11.8. The fourth-order valence-corrected chi connectivity index (χ4v) is 2.07. The van der Waals surface area contributed by atoms with Gasteiger partial charge < -0.3 is 10.5 Å². The van der Waals surface area contributed by atoms with Gasteiger partial charge in [0.15, 0.2) is 0 Å². The van der Waals surface area contributed by atoms with Gasteiger partial charge in [-0.2, -0.15) is 0 Å². The van der Waals surface area contributed by atoms with Crippen LogP contribution in [0.4, 0.5) is 11.4 Å². The number of nitrogens with two attached hydrogens (primary N) is 1. The molecule has 0 radical (unpaired) electrons. The van der Waals surface area contributed by atoms with E-state index in [1.807, 2.05) is 17.5 Å². The van der Waals surface area contributed by atoms with Gasteiger partial charge in [-0.1, -0.05) is 6.07 Å². The highest BCUT2D eigenvalue weighted by atomic mass is 32.1. The van der Waals surface area contributed by atoms with Gasteiger partial charge in [0.2, 0.25) is 0 Å². The Labute approximate surface area is 112 Å². The number of nitro groups is 1. The van der Waals surface area contributed by atoms with Gasteiger partial charge in [-0.25, -0.2) is 4.79 Å². The van der Waals surface area contributed by atoms with E-state index in [4.69, 9.17) is 10.5 Å². The van der Waals surface area contributed by atoms with E-state index >= 15 is 0 Å². The Morgan fingerprint density at radius 2 is 2.21 bits per heavy atom. The van der Waals surface area contributed by atoms with Crippen LogP contribution in [-0.4, -0.2) is 10.9 Å². The second-order valence-corrected chi connectivity index (χ2v) is 4.72. The summed E-state index contributed by atoms with van der Waals surface area (Å²) in [6, 6.07) is 7.36. The molecule has 0 aliphatic rings. The number of esters is 1. The average Bonchev–Trinajstić information content (AvgIpc) is 2.88. The van der Waals surface area contributed by atoms with Crippen LogP contribution in [0.25, 0.3) is 0 Å². The highest BCUT2D eigenvalue weighted by molar-refractivity contribution is 7.09. The lowest BCUT2D eigenvalue weighted by atomic mass is 10.1. The Morgan fingerprint density at radius 1 is 1.42 bits per heavy atom. The molecule has 2 N–H and O–H groups in total. The minimum atomic E-state index is -0.596. The smallest absolute Gasteiger partial charge is 0.340 e. The molecule has 0 unspecified atom stereocenters. The number of anilines is 1. The third-order valence-electron chi connectivity index (χ3n) is 2.39. The first-order valence-corrected chi connectivity index (χ1v) is 6.19. The zero-order valence-corrected chi connectivity index (χ0v) is 10.6. The van der Waals surface area contributed by atoms with Crippen molar-refractivity contribution in [2.24, 2.45) is 0 Å². The van der Waals surface area contributed by atoms with Gasteiger partial charge >= 0.3 is 5.97 Å². The Kier molecular flexibility index (Phi) is 3.76. The normalized spacial score (nSPS) is 10.1. The average molecular weight is 278 g/mol. The number of thiophene rings is 1. The van der Waals surface area contributed by atoms with Crippen molar-refractivity contribution in [3.05, 3.63) is 56.3 Å². The standard InChI is InChI=1S/C12H10N2O4S/c13-11-6-8(14(16)17)3-4-10(11)12(15)18-7-9-2-1-5-19-9/h1-6H,7,13H2. The summed E-state index contributed by atoms with van der Waals surface area (Å²) in [5, 5.41) is 12.4. The van der Waals surface area contributed by atoms with Crippen LogP contribution in [-0.2, 0) is 11.3 Å². The molecule has 1 heterocycles. The molecule has 0 aliphatic carbocycles. The molecule has 0 aliphatic heterocycles. The van der Waals surface area contributed by atoms with Crippen LogP contribution < -0.4 is 5.73 Å². The highest BCUT2D eigenvalue weighted by Gasteiger charge is 2.15. The Balaban J connectivity index is 2.09. The molecule has 7 heteroatoms. The summed E-state index contributed by atoms with van der Waals surface area (Å²) < 4.78 is 5.08. The number of nitrogens with zero attached hydrogens (tertiary/aromatic N) is 1. The minimum Gasteiger partial charge on any atom is -0.456 e. The van der Waals surface area contributed by atoms with Crippen LogP contribution in [0, 0.1) is 10.1 Å². The fraction of sp³-hybridized carbons (Fsp3) is 0.0833. The summed E-state index contributed by atoms with van der Waals surface area (Å²) in [6.45, 7) is 0.160. The lowest BCUT2D eigenvalue weighted by Gasteiger charge is -2.05. The fourth-order valence-electron chi connectivity index (χ4n) is 1.46. The van der Waals surface area contributed by atoms with E-state index in [2.05, 4.69) is 0 Å². The van der Waals surface area contributed by atoms with Gasteiger partial charge in [0.05, 0.1) is 16.2 Å². The summed E-state index contributed by atoms with van der Waals surface area (Å²) >= 11 is 1.47. The number of non-ortho nitro benzene ring substituents is 1. The van der Waals surface area contributed by atoms with Crippen molar-refractivity contribution in [2.45, 2.75) is 6.61 Å². The Bertz CT molecular complexity index is 610. The molecule has 2 rings (SSSR count). The molecule has 19 heavy (non-hydrogen) atoms. The molecule has 2 aromatic rings. The number of ether oxygens (including phenoxy) is 1. The van der Waals surface area contributed by atoms with Gasteiger partial charge in [-0.05, 0) is 17.5 Å². The second kappa shape index (κ2) is 5.49. The maximum atomic E-state index is 11.8. The lowest BCUT2D eigenvalue weighted by Crippen LogP contribution is -2.08. The van der Waals surface area contributed by atoms with Crippen molar-refractivity contribution in [3.63, 3.8) is 0 Å². The van der Waals surface area contributed by atoms with Crippen molar-refractivity contribution >= 4 is 28.7 Å². The molecule has 1 aromatic heterocycles. The van der Waals surface area contributed by atoms with Crippen LogP contribution >= 0.6 is 11.3 Å². The number of rotatable bonds is 4. The van der Waals surface area contributed by atoms with E-state index in [1.54, 1.807) is 0 Å². The molecule has 0 bridgehead atoms. The number of carbonyl (C=O) groups is 1. The first-order chi connectivity index (χ1) is 9.08.